The van der Waals surface area contributed by atoms with Crippen LogP contribution in [-0.2, 0) is 6.42 Å². The standard InChI is InChI=1S/C9H10BrClS2/c10-8-5-12-4-7(8)3-6-1-2-13-9(6)11/h1-2,7-8H,3-5H2. The third-order valence-electron chi connectivity index (χ3n) is 2.30. The predicted molar refractivity (Wildman–Crippen MR) is 66.6 cm³/mol. The minimum Gasteiger partial charge on any atom is -0.160 e. The molecule has 2 heterocycles. The van der Waals surface area contributed by atoms with Crippen molar-refractivity contribution in [2.75, 3.05) is 11.5 Å². The van der Waals surface area contributed by atoms with Crippen LogP contribution in [-0.4, -0.2) is 16.3 Å². The summed E-state index contributed by atoms with van der Waals surface area (Å²) >= 11 is 13.4. The molecule has 4 heteroatoms. The van der Waals surface area contributed by atoms with E-state index >= 15 is 0 Å². The number of rotatable bonds is 2. The molecule has 13 heavy (non-hydrogen) atoms. The Bertz CT molecular complexity index is 287. The Hall–Kier alpha value is 0.820. The maximum atomic E-state index is 6.06. The summed E-state index contributed by atoms with van der Waals surface area (Å²) in [5.41, 5.74) is 1.32. The van der Waals surface area contributed by atoms with E-state index in [1.165, 1.54) is 17.1 Å². The Labute approximate surface area is 100 Å². The summed E-state index contributed by atoms with van der Waals surface area (Å²) in [4.78, 5) is 0.675. The van der Waals surface area contributed by atoms with Crippen molar-refractivity contribution < 1.29 is 0 Å². The van der Waals surface area contributed by atoms with Gasteiger partial charge in [0.2, 0.25) is 0 Å². The lowest BCUT2D eigenvalue weighted by molar-refractivity contribution is 0.617. The van der Waals surface area contributed by atoms with Crippen LogP contribution < -0.4 is 0 Å². The molecule has 2 rings (SSSR count). The largest absolute Gasteiger partial charge is 0.160 e. The molecule has 0 amide bonds. The molecule has 0 bridgehead atoms. The molecule has 1 fully saturated rings. The Morgan fingerprint density at radius 2 is 2.38 bits per heavy atom. The van der Waals surface area contributed by atoms with Gasteiger partial charge < -0.3 is 0 Å². The van der Waals surface area contributed by atoms with Gasteiger partial charge in [-0.3, -0.25) is 0 Å². The van der Waals surface area contributed by atoms with E-state index in [2.05, 4.69) is 27.4 Å². The normalized spacial score (nSPS) is 28.2. The fraction of sp³-hybridized carbons (Fsp3) is 0.556. The molecular weight excluding hydrogens is 288 g/mol. The van der Waals surface area contributed by atoms with Gasteiger partial charge >= 0.3 is 0 Å². The van der Waals surface area contributed by atoms with Crippen LogP contribution in [0.1, 0.15) is 5.56 Å². The topological polar surface area (TPSA) is 0 Å². The minimum absolute atomic E-state index is 0.675. The Morgan fingerprint density at radius 1 is 1.54 bits per heavy atom. The van der Waals surface area contributed by atoms with Crippen molar-refractivity contribution in [3.63, 3.8) is 0 Å². The fourth-order valence-electron chi connectivity index (χ4n) is 1.51. The average Bonchev–Trinajstić information content (AvgIpc) is 2.65. The second-order valence-electron chi connectivity index (χ2n) is 3.24. The van der Waals surface area contributed by atoms with Gasteiger partial charge in [0.15, 0.2) is 0 Å². The Balaban J connectivity index is 2.01. The lowest BCUT2D eigenvalue weighted by Crippen LogP contribution is -2.13. The van der Waals surface area contributed by atoms with Crippen LogP contribution in [0.4, 0.5) is 0 Å². The summed E-state index contributed by atoms with van der Waals surface area (Å²) in [6.45, 7) is 0. The van der Waals surface area contributed by atoms with Crippen LogP contribution in [0.3, 0.4) is 0 Å². The molecule has 2 atom stereocenters. The first-order valence-corrected chi connectivity index (χ1v) is 7.54. The van der Waals surface area contributed by atoms with Gasteiger partial charge in [0.05, 0.1) is 4.34 Å². The third kappa shape index (κ3) is 2.44. The lowest BCUT2D eigenvalue weighted by atomic mass is 10.0. The maximum Gasteiger partial charge on any atom is 0.0960 e. The first-order valence-electron chi connectivity index (χ1n) is 4.21. The van der Waals surface area contributed by atoms with Gasteiger partial charge in [0.1, 0.15) is 0 Å². The van der Waals surface area contributed by atoms with Crippen LogP contribution in [0.2, 0.25) is 4.34 Å². The van der Waals surface area contributed by atoms with E-state index in [1.54, 1.807) is 11.3 Å². The SMILES string of the molecule is Clc1sccc1CC1CSCC1Br. The van der Waals surface area contributed by atoms with E-state index in [4.69, 9.17) is 11.6 Å². The average molecular weight is 298 g/mol. The fourth-order valence-corrected chi connectivity index (χ4v) is 4.92. The van der Waals surface area contributed by atoms with Gasteiger partial charge in [-0.1, -0.05) is 27.5 Å². The van der Waals surface area contributed by atoms with Crippen LogP contribution in [0.25, 0.3) is 0 Å². The molecule has 1 aliphatic rings. The van der Waals surface area contributed by atoms with Crippen LogP contribution in [0.15, 0.2) is 11.4 Å². The molecule has 0 aromatic carbocycles. The molecule has 2 unspecified atom stereocenters. The molecule has 1 aliphatic heterocycles. The number of hydrogen-bond acceptors (Lipinski definition) is 2. The second kappa shape index (κ2) is 4.56. The molecule has 1 aromatic heterocycles. The molecule has 0 radical (unpaired) electrons. The van der Waals surface area contributed by atoms with Gasteiger partial charge in [-0.25, -0.2) is 0 Å². The maximum absolute atomic E-state index is 6.06. The summed E-state index contributed by atoms with van der Waals surface area (Å²) in [7, 11) is 0. The van der Waals surface area contributed by atoms with Crippen molar-refractivity contribution in [3.8, 4) is 0 Å². The van der Waals surface area contributed by atoms with Crippen molar-refractivity contribution in [1.82, 2.24) is 0 Å². The van der Waals surface area contributed by atoms with Gasteiger partial charge in [-0.15, -0.1) is 11.3 Å². The highest BCUT2D eigenvalue weighted by molar-refractivity contribution is 9.09. The van der Waals surface area contributed by atoms with E-state index in [-0.39, 0.29) is 0 Å². The predicted octanol–water partition coefficient (Wildman–Crippen LogP) is 4.07. The number of thiophene rings is 1. The second-order valence-corrected chi connectivity index (χ2v) is 7.01. The molecule has 0 nitrogen and oxygen atoms in total. The summed E-state index contributed by atoms with van der Waals surface area (Å²) in [6.07, 6.45) is 1.13. The van der Waals surface area contributed by atoms with Crippen LogP contribution >= 0.6 is 50.6 Å². The van der Waals surface area contributed by atoms with Crippen molar-refractivity contribution >= 4 is 50.6 Å². The smallest absolute Gasteiger partial charge is 0.0960 e. The van der Waals surface area contributed by atoms with E-state index in [0.717, 1.165) is 16.7 Å². The monoisotopic (exact) mass is 296 g/mol. The van der Waals surface area contributed by atoms with Gasteiger partial charge in [-0.2, -0.15) is 11.8 Å². The Kier molecular flexibility index (Phi) is 3.63. The van der Waals surface area contributed by atoms with E-state index in [0.29, 0.717) is 4.83 Å². The zero-order chi connectivity index (χ0) is 9.26. The lowest BCUT2D eigenvalue weighted by Gasteiger charge is -2.11. The van der Waals surface area contributed by atoms with Crippen molar-refractivity contribution in [2.45, 2.75) is 11.2 Å². The van der Waals surface area contributed by atoms with Crippen molar-refractivity contribution in [3.05, 3.63) is 21.3 Å². The summed E-state index contributed by atoms with van der Waals surface area (Å²) < 4.78 is 0.969. The van der Waals surface area contributed by atoms with Crippen molar-refractivity contribution in [2.24, 2.45) is 5.92 Å². The first kappa shape index (κ1) is 10.3. The zero-order valence-corrected chi connectivity index (χ0v) is 11.0. The highest BCUT2D eigenvalue weighted by atomic mass is 79.9. The highest BCUT2D eigenvalue weighted by Crippen LogP contribution is 2.34. The molecule has 0 aliphatic carbocycles. The molecule has 0 spiro atoms. The number of halogens is 2. The Morgan fingerprint density at radius 3 is 2.92 bits per heavy atom. The molecule has 0 saturated carbocycles. The molecule has 72 valence electrons. The number of thioether (sulfide) groups is 1. The highest BCUT2D eigenvalue weighted by Gasteiger charge is 2.26. The van der Waals surface area contributed by atoms with E-state index < -0.39 is 0 Å². The molecule has 1 saturated heterocycles. The van der Waals surface area contributed by atoms with Gasteiger partial charge in [0.25, 0.3) is 0 Å². The number of alkyl halides is 1. The molecular formula is C9H10BrClS2. The van der Waals surface area contributed by atoms with Crippen LogP contribution in [0, 0.1) is 5.92 Å². The zero-order valence-electron chi connectivity index (χ0n) is 7.00. The minimum atomic E-state index is 0.675. The van der Waals surface area contributed by atoms with Gasteiger partial charge in [-0.05, 0) is 35.1 Å². The molecule has 0 N–H and O–H groups in total. The first-order chi connectivity index (χ1) is 6.27. The van der Waals surface area contributed by atoms with Gasteiger partial charge in [0, 0.05) is 10.6 Å². The van der Waals surface area contributed by atoms with E-state index in [1.807, 2.05) is 11.8 Å². The summed E-state index contributed by atoms with van der Waals surface area (Å²) in [5.74, 6) is 3.27. The third-order valence-corrected chi connectivity index (χ3v) is 6.31. The number of hydrogen-bond donors (Lipinski definition) is 0. The van der Waals surface area contributed by atoms with Crippen LogP contribution in [0.5, 0.6) is 0 Å². The summed E-state index contributed by atoms with van der Waals surface area (Å²) in [5, 5.41) is 2.07. The summed E-state index contributed by atoms with van der Waals surface area (Å²) in [6, 6.07) is 2.15. The molecule has 1 aromatic rings. The van der Waals surface area contributed by atoms with Crippen molar-refractivity contribution in [1.29, 1.82) is 0 Å². The van der Waals surface area contributed by atoms with E-state index in [9.17, 15) is 0 Å². The quantitative estimate of drug-likeness (QED) is 0.742.